The van der Waals surface area contributed by atoms with Crippen molar-refractivity contribution in [2.75, 3.05) is 5.75 Å². The topological polar surface area (TPSA) is 43.1 Å². The number of primary amides is 1. The van der Waals surface area contributed by atoms with Crippen LogP contribution in [0.4, 0.5) is 0 Å². The molecule has 0 saturated carbocycles. The molecule has 1 amide bonds. The number of carbonyl (C=O) groups excluding carboxylic acids is 1. The van der Waals surface area contributed by atoms with Crippen LogP contribution in [0.5, 0.6) is 0 Å². The highest BCUT2D eigenvalue weighted by atomic mass is 33.1. The largest absolute Gasteiger partial charge is 0.370 e. The van der Waals surface area contributed by atoms with Gasteiger partial charge < -0.3 is 5.73 Å². The van der Waals surface area contributed by atoms with Crippen LogP contribution in [0, 0.1) is 0 Å². The summed E-state index contributed by atoms with van der Waals surface area (Å²) in [6, 6.07) is 0. The first-order valence-electron chi connectivity index (χ1n) is 6.34. The number of rotatable bonds is 6. The zero-order valence-electron chi connectivity index (χ0n) is 11.4. The number of carbonyl (C=O) groups is 1. The normalized spacial score (nSPS) is 24.6. The van der Waals surface area contributed by atoms with Gasteiger partial charge in [-0.05, 0) is 24.3 Å². The Morgan fingerprint density at radius 2 is 2.12 bits per heavy atom. The molecule has 1 aliphatic heterocycles. The monoisotopic (exact) mass is 291 g/mol. The lowest BCUT2D eigenvalue weighted by Gasteiger charge is -2.45. The van der Waals surface area contributed by atoms with Crippen LogP contribution in [-0.4, -0.2) is 25.0 Å². The molecule has 0 aliphatic carbocycles. The first-order chi connectivity index (χ1) is 7.77. The minimum atomic E-state index is -1.23. The number of amides is 1. The fourth-order valence-electron chi connectivity index (χ4n) is 2.41. The second-order valence-corrected chi connectivity index (χ2v) is 14.5. The molecule has 2 N–H and O–H groups in total. The molecule has 1 aliphatic rings. The standard InChI is InChI=1S/C12H25NOS2Si/c1-12(17(2,3)4,8-5-6-11(13)14)10-7-9-15-16-10/h10H,5-9H2,1-4H3,(H2,13,14). The van der Waals surface area contributed by atoms with Gasteiger partial charge in [0.15, 0.2) is 0 Å². The second kappa shape index (κ2) is 6.02. The van der Waals surface area contributed by atoms with Crippen LogP contribution >= 0.6 is 21.6 Å². The fourth-order valence-corrected chi connectivity index (χ4v) is 9.22. The van der Waals surface area contributed by atoms with E-state index in [0.29, 0.717) is 11.5 Å². The summed E-state index contributed by atoms with van der Waals surface area (Å²) in [6.45, 7) is 9.83. The maximum atomic E-state index is 10.9. The van der Waals surface area contributed by atoms with E-state index in [0.717, 1.165) is 18.1 Å². The molecule has 0 aromatic heterocycles. The second-order valence-electron chi connectivity index (χ2n) is 6.18. The van der Waals surface area contributed by atoms with Crippen molar-refractivity contribution < 1.29 is 4.79 Å². The van der Waals surface area contributed by atoms with Crippen molar-refractivity contribution in [3.05, 3.63) is 0 Å². The summed E-state index contributed by atoms with van der Waals surface area (Å²) in [5, 5.41) is 1.20. The molecule has 2 unspecified atom stereocenters. The van der Waals surface area contributed by atoms with Crippen molar-refractivity contribution >= 4 is 35.6 Å². The van der Waals surface area contributed by atoms with Gasteiger partial charge in [0.1, 0.15) is 0 Å². The SMILES string of the molecule is CC(CCCC(N)=O)(C1CCSS1)[Si](C)(C)C. The van der Waals surface area contributed by atoms with E-state index in [2.05, 4.69) is 37.4 Å². The minimum absolute atomic E-state index is 0.156. The summed E-state index contributed by atoms with van der Waals surface area (Å²) in [6.07, 6.45) is 3.99. The van der Waals surface area contributed by atoms with Crippen LogP contribution in [0.15, 0.2) is 0 Å². The Morgan fingerprint density at radius 3 is 2.53 bits per heavy atom. The van der Waals surface area contributed by atoms with Crippen molar-refractivity contribution in [2.24, 2.45) is 5.73 Å². The van der Waals surface area contributed by atoms with E-state index in [-0.39, 0.29) is 5.91 Å². The first-order valence-corrected chi connectivity index (χ1v) is 12.2. The van der Waals surface area contributed by atoms with Crippen molar-refractivity contribution in [1.29, 1.82) is 0 Å². The summed E-state index contributed by atoms with van der Waals surface area (Å²) in [5.41, 5.74) is 5.25. The molecule has 1 fully saturated rings. The summed E-state index contributed by atoms with van der Waals surface area (Å²) in [7, 11) is 2.85. The first kappa shape index (κ1) is 15.4. The Kier molecular flexibility index (Phi) is 5.47. The van der Waals surface area contributed by atoms with Crippen LogP contribution in [0.25, 0.3) is 0 Å². The number of hydrogen-bond donors (Lipinski definition) is 1. The van der Waals surface area contributed by atoms with Crippen molar-refractivity contribution in [3.63, 3.8) is 0 Å². The number of nitrogens with two attached hydrogens (primary N) is 1. The van der Waals surface area contributed by atoms with Gasteiger partial charge in [-0.2, -0.15) is 0 Å². The smallest absolute Gasteiger partial charge is 0.217 e. The average molecular weight is 292 g/mol. The average Bonchev–Trinajstić information content (AvgIpc) is 2.67. The lowest BCUT2D eigenvalue weighted by molar-refractivity contribution is -0.118. The van der Waals surface area contributed by atoms with E-state index in [9.17, 15) is 4.79 Å². The van der Waals surface area contributed by atoms with E-state index in [1.165, 1.54) is 12.2 Å². The molecule has 1 heterocycles. The third kappa shape index (κ3) is 3.93. The maximum absolute atomic E-state index is 10.9. The van der Waals surface area contributed by atoms with E-state index >= 15 is 0 Å². The van der Waals surface area contributed by atoms with E-state index in [1.54, 1.807) is 0 Å². The number of hydrogen-bond acceptors (Lipinski definition) is 3. The van der Waals surface area contributed by atoms with Crippen LogP contribution in [0.3, 0.4) is 0 Å². The molecule has 17 heavy (non-hydrogen) atoms. The highest BCUT2D eigenvalue weighted by Gasteiger charge is 2.46. The Bertz CT molecular complexity index is 274. The van der Waals surface area contributed by atoms with Gasteiger partial charge in [0.25, 0.3) is 0 Å². The maximum Gasteiger partial charge on any atom is 0.217 e. The summed E-state index contributed by atoms with van der Waals surface area (Å²) in [4.78, 5) is 10.9. The predicted molar refractivity (Wildman–Crippen MR) is 83.2 cm³/mol. The van der Waals surface area contributed by atoms with Crippen molar-refractivity contribution in [1.82, 2.24) is 0 Å². The zero-order valence-corrected chi connectivity index (χ0v) is 14.0. The Balaban J connectivity index is 2.68. The van der Waals surface area contributed by atoms with Gasteiger partial charge >= 0.3 is 0 Å². The van der Waals surface area contributed by atoms with Crippen LogP contribution in [0.2, 0.25) is 24.7 Å². The molecule has 1 saturated heterocycles. The van der Waals surface area contributed by atoms with Gasteiger partial charge in [-0.1, -0.05) is 48.2 Å². The molecule has 0 spiro atoms. The molecule has 0 bridgehead atoms. The van der Waals surface area contributed by atoms with Gasteiger partial charge in [0.05, 0.1) is 8.07 Å². The van der Waals surface area contributed by atoms with Crippen molar-refractivity contribution in [2.45, 2.75) is 62.5 Å². The predicted octanol–water partition coefficient (Wildman–Crippen LogP) is 3.89. The van der Waals surface area contributed by atoms with Gasteiger partial charge in [0, 0.05) is 17.4 Å². The zero-order chi connectivity index (χ0) is 13.1. The lowest BCUT2D eigenvalue weighted by Crippen LogP contribution is -2.43. The lowest BCUT2D eigenvalue weighted by atomic mass is 9.97. The highest BCUT2D eigenvalue weighted by molar-refractivity contribution is 8.77. The van der Waals surface area contributed by atoms with Gasteiger partial charge in [-0.25, -0.2) is 0 Å². The fraction of sp³-hybridized carbons (Fsp3) is 0.917. The van der Waals surface area contributed by atoms with Crippen molar-refractivity contribution in [3.8, 4) is 0 Å². The van der Waals surface area contributed by atoms with Gasteiger partial charge in [-0.3, -0.25) is 4.79 Å². The quantitative estimate of drug-likeness (QED) is 0.596. The third-order valence-electron chi connectivity index (χ3n) is 4.19. The molecule has 5 heteroatoms. The molecule has 0 aromatic rings. The van der Waals surface area contributed by atoms with E-state index < -0.39 is 8.07 Å². The van der Waals surface area contributed by atoms with Crippen LogP contribution in [0.1, 0.15) is 32.6 Å². The van der Waals surface area contributed by atoms with Crippen LogP contribution < -0.4 is 5.73 Å². The van der Waals surface area contributed by atoms with Gasteiger partial charge in [0.2, 0.25) is 5.91 Å². The molecule has 100 valence electrons. The third-order valence-corrected chi connectivity index (χ3v) is 11.6. The Morgan fingerprint density at radius 1 is 1.47 bits per heavy atom. The Labute approximate surface area is 114 Å². The molecular formula is C12H25NOS2Si. The summed E-state index contributed by atoms with van der Waals surface area (Å²) < 4.78 is 0. The summed E-state index contributed by atoms with van der Waals surface area (Å²) in [5.74, 6) is 1.13. The molecule has 0 radical (unpaired) electrons. The molecule has 1 rings (SSSR count). The summed E-state index contributed by atoms with van der Waals surface area (Å²) >= 11 is 0. The minimum Gasteiger partial charge on any atom is -0.370 e. The molecule has 2 atom stereocenters. The molecular weight excluding hydrogens is 266 g/mol. The van der Waals surface area contributed by atoms with E-state index in [1.807, 2.05) is 10.8 Å². The van der Waals surface area contributed by atoms with Crippen LogP contribution in [-0.2, 0) is 4.79 Å². The van der Waals surface area contributed by atoms with Gasteiger partial charge in [-0.15, -0.1) is 0 Å². The Hall–Kier alpha value is 0.387. The molecule has 0 aromatic carbocycles. The molecule has 2 nitrogen and oxygen atoms in total. The highest BCUT2D eigenvalue weighted by Crippen LogP contribution is 2.57. The van der Waals surface area contributed by atoms with E-state index in [4.69, 9.17) is 5.73 Å².